The average Bonchev–Trinajstić information content (AvgIpc) is 2.71. The fourth-order valence-corrected chi connectivity index (χ4v) is 2.84. The minimum absolute atomic E-state index is 0.0888. The summed E-state index contributed by atoms with van der Waals surface area (Å²) < 4.78 is 21.3. The number of ether oxygens (including phenoxy) is 1. The summed E-state index contributed by atoms with van der Waals surface area (Å²) in [6, 6.07) is -1.00. The molecule has 1 saturated heterocycles. The van der Waals surface area contributed by atoms with Gasteiger partial charge in [0.15, 0.2) is 6.16 Å². The van der Waals surface area contributed by atoms with Crippen molar-refractivity contribution in [2.75, 3.05) is 19.4 Å². The number of rotatable bonds is 8. The molecule has 1 heterocycles. The van der Waals surface area contributed by atoms with Gasteiger partial charge in [0, 0.05) is 19.3 Å². The summed E-state index contributed by atoms with van der Waals surface area (Å²) in [5.74, 6) is -1.42. The summed E-state index contributed by atoms with van der Waals surface area (Å²) >= 11 is 0. The Bertz CT molecular complexity index is 395. The highest BCUT2D eigenvalue weighted by molar-refractivity contribution is 7.39. The van der Waals surface area contributed by atoms with E-state index in [2.05, 4.69) is 0 Å². The Morgan fingerprint density at radius 1 is 1.25 bits per heavy atom. The molecule has 2 amide bonds. The molecule has 0 saturated carbocycles. The Balaban J connectivity index is 2.75. The highest BCUT2D eigenvalue weighted by Gasteiger charge is 2.40. The van der Waals surface area contributed by atoms with Gasteiger partial charge in [0.1, 0.15) is 6.04 Å². The molecule has 1 fully saturated rings. The zero-order chi connectivity index (χ0) is 15.1. The Hall–Kier alpha value is -1.33. The van der Waals surface area contributed by atoms with E-state index in [0.29, 0.717) is 6.61 Å². The SMILES string of the molecule is CCOC(=O)C(CC[P+](=O)OCC)N1C(=O)CCC1=O. The van der Waals surface area contributed by atoms with E-state index in [1.165, 1.54) is 0 Å². The molecule has 0 bridgehead atoms. The summed E-state index contributed by atoms with van der Waals surface area (Å²) in [6.07, 6.45) is 0.397. The molecule has 2 unspecified atom stereocenters. The first kappa shape index (κ1) is 16.7. The second kappa shape index (κ2) is 8.07. The van der Waals surface area contributed by atoms with Crippen molar-refractivity contribution in [3.05, 3.63) is 0 Å². The van der Waals surface area contributed by atoms with Crippen molar-refractivity contribution in [1.29, 1.82) is 0 Å². The average molecular weight is 304 g/mol. The third kappa shape index (κ3) is 4.35. The van der Waals surface area contributed by atoms with Gasteiger partial charge in [-0.1, -0.05) is 0 Å². The Labute approximate surface area is 118 Å². The van der Waals surface area contributed by atoms with Gasteiger partial charge in [-0.15, -0.1) is 4.52 Å². The highest BCUT2D eigenvalue weighted by Crippen LogP contribution is 2.26. The van der Waals surface area contributed by atoms with Crippen LogP contribution in [0.1, 0.15) is 33.1 Å². The molecule has 1 aliphatic rings. The number of carbonyl (C=O) groups excluding carboxylic acids is 3. The molecule has 0 aromatic carbocycles. The van der Waals surface area contributed by atoms with Crippen LogP contribution in [0.2, 0.25) is 0 Å². The Morgan fingerprint density at radius 3 is 2.35 bits per heavy atom. The van der Waals surface area contributed by atoms with E-state index in [-0.39, 0.29) is 43.8 Å². The van der Waals surface area contributed by atoms with Crippen molar-refractivity contribution in [3.63, 3.8) is 0 Å². The van der Waals surface area contributed by atoms with Crippen molar-refractivity contribution in [1.82, 2.24) is 4.90 Å². The minimum atomic E-state index is -1.90. The number of hydrogen-bond donors (Lipinski definition) is 0. The van der Waals surface area contributed by atoms with E-state index in [0.717, 1.165) is 4.90 Å². The molecule has 112 valence electrons. The molecule has 0 aromatic rings. The lowest BCUT2D eigenvalue weighted by molar-refractivity contribution is -0.158. The van der Waals surface area contributed by atoms with Gasteiger partial charge in [0.05, 0.1) is 13.2 Å². The number of likely N-dealkylation sites (tertiary alicyclic amines) is 1. The lowest BCUT2D eigenvalue weighted by Gasteiger charge is -2.22. The standard InChI is InChI=1S/C12H19NO6P/c1-3-18-12(16)9(7-8-20(17)19-4-2)13-10(14)5-6-11(13)15/h9H,3-8H2,1-2H3/q+1. The van der Waals surface area contributed by atoms with Crippen molar-refractivity contribution in [2.24, 2.45) is 0 Å². The largest absolute Gasteiger partial charge is 0.508 e. The topological polar surface area (TPSA) is 90.0 Å². The van der Waals surface area contributed by atoms with Crippen LogP contribution >= 0.6 is 8.03 Å². The fraction of sp³-hybridized carbons (Fsp3) is 0.750. The van der Waals surface area contributed by atoms with E-state index in [1.54, 1.807) is 13.8 Å². The van der Waals surface area contributed by atoms with Crippen molar-refractivity contribution in [2.45, 2.75) is 39.2 Å². The molecule has 2 atom stereocenters. The van der Waals surface area contributed by atoms with Crippen LogP contribution in [0.4, 0.5) is 0 Å². The van der Waals surface area contributed by atoms with Crippen molar-refractivity contribution >= 4 is 25.8 Å². The maximum Gasteiger partial charge on any atom is 0.508 e. The van der Waals surface area contributed by atoms with Gasteiger partial charge >= 0.3 is 14.0 Å². The number of nitrogens with zero attached hydrogens (tertiary/aromatic N) is 1. The normalized spacial score (nSPS) is 17.3. The first-order chi connectivity index (χ1) is 9.51. The molecule has 0 N–H and O–H groups in total. The number of carbonyl (C=O) groups is 3. The number of hydrogen-bond acceptors (Lipinski definition) is 6. The predicted molar refractivity (Wildman–Crippen MR) is 70.2 cm³/mol. The van der Waals surface area contributed by atoms with Crippen LogP contribution in [-0.4, -0.2) is 48.1 Å². The van der Waals surface area contributed by atoms with E-state index >= 15 is 0 Å². The number of imide groups is 1. The van der Waals surface area contributed by atoms with Crippen LogP contribution in [0.3, 0.4) is 0 Å². The van der Waals surface area contributed by atoms with E-state index in [4.69, 9.17) is 9.26 Å². The summed E-state index contributed by atoms with van der Waals surface area (Å²) in [7, 11) is -1.90. The summed E-state index contributed by atoms with van der Waals surface area (Å²) in [5, 5.41) is 0. The zero-order valence-electron chi connectivity index (χ0n) is 11.7. The molecule has 0 aliphatic carbocycles. The van der Waals surface area contributed by atoms with Gasteiger partial charge in [-0.2, -0.15) is 0 Å². The van der Waals surface area contributed by atoms with Crippen molar-refractivity contribution < 1.29 is 28.2 Å². The van der Waals surface area contributed by atoms with Crippen LogP contribution in [0.25, 0.3) is 0 Å². The fourth-order valence-electron chi connectivity index (χ4n) is 1.97. The monoisotopic (exact) mass is 304 g/mol. The van der Waals surface area contributed by atoms with Crippen LogP contribution in [0, 0.1) is 0 Å². The van der Waals surface area contributed by atoms with Gasteiger partial charge in [-0.25, -0.2) is 4.79 Å². The zero-order valence-corrected chi connectivity index (χ0v) is 12.6. The van der Waals surface area contributed by atoms with E-state index in [9.17, 15) is 18.9 Å². The predicted octanol–water partition coefficient (Wildman–Crippen LogP) is 1.24. The molecule has 20 heavy (non-hydrogen) atoms. The molecule has 1 aliphatic heterocycles. The molecule has 0 aromatic heterocycles. The first-order valence-corrected chi connectivity index (χ1v) is 7.96. The molecule has 8 heteroatoms. The minimum Gasteiger partial charge on any atom is -0.464 e. The summed E-state index contributed by atoms with van der Waals surface area (Å²) in [5.41, 5.74) is 0. The summed E-state index contributed by atoms with van der Waals surface area (Å²) in [4.78, 5) is 36.2. The number of esters is 1. The molecular formula is C12H19NO6P+. The molecule has 0 spiro atoms. The van der Waals surface area contributed by atoms with Gasteiger partial charge in [0.25, 0.3) is 0 Å². The Morgan fingerprint density at radius 2 is 1.85 bits per heavy atom. The second-order valence-corrected chi connectivity index (χ2v) is 5.56. The summed E-state index contributed by atoms with van der Waals surface area (Å²) in [6.45, 7) is 3.82. The second-order valence-electron chi connectivity index (χ2n) is 4.19. The van der Waals surface area contributed by atoms with Crippen LogP contribution in [-0.2, 0) is 28.2 Å². The van der Waals surface area contributed by atoms with Gasteiger partial charge in [-0.05, 0) is 18.4 Å². The van der Waals surface area contributed by atoms with E-state index < -0.39 is 20.0 Å². The quantitative estimate of drug-likeness (QED) is 0.381. The van der Waals surface area contributed by atoms with E-state index in [1.807, 2.05) is 0 Å². The third-order valence-corrected chi connectivity index (χ3v) is 3.99. The van der Waals surface area contributed by atoms with Gasteiger partial charge < -0.3 is 4.74 Å². The molecule has 7 nitrogen and oxygen atoms in total. The van der Waals surface area contributed by atoms with Gasteiger partial charge in [0.2, 0.25) is 11.8 Å². The molecule has 0 radical (unpaired) electrons. The van der Waals surface area contributed by atoms with Gasteiger partial charge in [-0.3, -0.25) is 14.5 Å². The smallest absolute Gasteiger partial charge is 0.464 e. The maximum atomic E-state index is 11.9. The highest BCUT2D eigenvalue weighted by atomic mass is 31.1. The lowest BCUT2D eigenvalue weighted by atomic mass is 10.2. The van der Waals surface area contributed by atoms with Crippen LogP contribution in [0.15, 0.2) is 0 Å². The lowest BCUT2D eigenvalue weighted by Crippen LogP contribution is -2.45. The van der Waals surface area contributed by atoms with Crippen molar-refractivity contribution in [3.8, 4) is 0 Å². The first-order valence-electron chi connectivity index (χ1n) is 6.60. The maximum absolute atomic E-state index is 11.9. The Kier molecular flexibility index (Phi) is 6.75. The molecule has 1 rings (SSSR count). The molecular weight excluding hydrogens is 285 g/mol. The van der Waals surface area contributed by atoms with Crippen LogP contribution in [0.5, 0.6) is 0 Å². The number of amides is 2. The third-order valence-electron chi connectivity index (χ3n) is 2.82. The van der Waals surface area contributed by atoms with Crippen LogP contribution < -0.4 is 0 Å².